The van der Waals surface area contributed by atoms with Gasteiger partial charge in [0.25, 0.3) is 0 Å². The lowest BCUT2D eigenvalue weighted by Crippen LogP contribution is -2.39. The van der Waals surface area contributed by atoms with E-state index in [4.69, 9.17) is 5.11 Å². The van der Waals surface area contributed by atoms with Gasteiger partial charge in [-0.05, 0) is 25.8 Å². The van der Waals surface area contributed by atoms with Crippen molar-refractivity contribution in [3.05, 3.63) is 27.9 Å². The van der Waals surface area contributed by atoms with E-state index < -0.39 is 16.9 Å². The molecule has 1 saturated carbocycles. The Labute approximate surface area is 119 Å². The standard InChI is InChI=1S/C12H14N4O5/c1-6(11(17)14-7-2-3-7)13-10-9(16(20)21)5-4-8(15-10)12(18)19/h4-7H,2-3H2,1H3,(H,13,15)(H,14,17)(H,18,19). The first-order valence-electron chi connectivity index (χ1n) is 6.34. The second-order valence-corrected chi connectivity index (χ2v) is 4.78. The predicted molar refractivity (Wildman–Crippen MR) is 72.1 cm³/mol. The Morgan fingerprint density at radius 1 is 1.48 bits per heavy atom. The van der Waals surface area contributed by atoms with Crippen molar-refractivity contribution in [1.29, 1.82) is 0 Å². The molecule has 21 heavy (non-hydrogen) atoms. The fourth-order valence-corrected chi connectivity index (χ4v) is 1.65. The zero-order valence-corrected chi connectivity index (χ0v) is 11.2. The number of nitro groups is 1. The Morgan fingerprint density at radius 3 is 2.67 bits per heavy atom. The molecule has 3 N–H and O–H groups in total. The van der Waals surface area contributed by atoms with Crippen molar-refractivity contribution in [3.8, 4) is 0 Å². The molecule has 1 aliphatic carbocycles. The van der Waals surface area contributed by atoms with Crippen molar-refractivity contribution in [2.24, 2.45) is 0 Å². The highest BCUT2D eigenvalue weighted by atomic mass is 16.6. The number of carboxylic acid groups (broad SMARTS) is 1. The van der Waals surface area contributed by atoms with Crippen LogP contribution in [-0.4, -0.2) is 39.0 Å². The Balaban J connectivity index is 2.19. The largest absolute Gasteiger partial charge is 0.477 e. The number of carbonyl (C=O) groups is 2. The number of nitrogens with one attached hydrogen (secondary N) is 2. The third-order valence-electron chi connectivity index (χ3n) is 2.96. The van der Waals surface area contributed by atoms with Gasteiger partial charge in [-0.25, -0.2) is 9.78 Å². The van der Waals surface area contributed by atoms with Crippen LogP contribution in [0, 0.1) is 10.1 Å². The number of amides is 1. The van der Waals surface area contributed by atoms with E-state index in [2.05, 4.69) is 15.6 Å². The van der Waals surface area contributed by atoms with Crippen LogP contribution >= 0.6 is 0 Å². The molecule has 2 rings (SSSR count). The van der Waals surface area contributed by atoms with Crippen LogP contribution < -0.4 is 10.6 Å². The number of hydrogen-bond acceptors (Lipinski definition) is 6. The van der Waals surface area contributed by atoms with Gasteiger partial charge in [0.1, 0.15) is 6.04 Å². The van der Waals surface area contributed by atoms with Crippen LogP contribution in [0.2, 0.25) is 0 Å². The van der Waals surface area contributed by atoms with E-state index in [1.807, 2.05) is 0 Å². The first-order chi connectivity index (χ1) is 9.88. The third-order valence-corrected chi connectivity index (χ3v) is 2.96. The maximum absolute atomic E-state index is 11.8. The SMILES string of the molecule is CC(Nc1nc(C(=O)O)ccc1[N+](=O)[O-])C(=O)NC1CC1. The lowest BCUT2D eigenvalue weighted by molar-refractivity contribution is -0.384. The molecule has 1 aromatic rings. The summed E-state index contributed by atoms with van der Waals surface area (Å²) in [7, 11) is 0. The fraction of sp³-hybridized carbons (Fsp3) is 0.417. The first kappa shape index (κ1) is 14.7. The maximum atomic E-state index is 11.8. The summed E-state index contributed by atoms with van der Waals surface area (Å²) in [6.45, 7) is 1.52. The van der Waals surface area contributed by atoms with E-state index in [1.54, 1.807) is 0 Å². The molecule has 9 heteroatoms. The highest BCUT2D eigenvalue weighted by molar-refractivity contribution is 5.88. The van der Waals surface area contributed by atoms with Gasteiger partial charge in [-0.3, -0.25) is 14.9 Å². The van der Waals surface area contributed by atoms with E-state index >= 15 is 0 Å². The molecule has 0 spiro atoms. The fourth-order valence-electron chi connectivity index (χ4n) is 1.65. The lowest BCUT2D eigenvalue weighted by atomic mass is 10.2. The van der Waals surface area contributed by atoms with Gasteiger partial charge in [-0.2, -0.15) is 0 Å². The van der Waals surface area contributed by atoms with Crippen molar-refractivity contribution in [1.82, 2.24) is 10.3 Å². The molecule has 1 aromatic heterocycles. The number of nitrogens with zero attached hydrogens (tertiary/aromatic N) is 2. The van der Waals surface area contributed by atoms with Gasteiger partial charge in [0.05, 0.1) is 4.92 Å². The summed E-state index contributed by atoms with van der Waals surface area (Å²) in [5.41, 5.74) is -0.719. The van der Waals surface area contributed by atoms with E-state index in [0.29, 0.717) is 0 Å². The predicted octanol–water partition coefficient (Wildman–Crippen LogP) is 0.767. The van der Waals surface area contributed by atoms with Gasteiger partial charge >= 0.3 is 11.7 Å². The third kappa shape index (κ3) is 3.65. The number of aromatic carboxylic acids is 1. The van der Waals surface area contributed by atoms with Crippen molar-refractivity contribution in [3.63, 3.8) is 0 Å². The molecule has 1 amide bonds. The second kappa shape index (κ2) is 5.73. The molecule has 1 heterocycles. The molecule has 112 valence electrons. The molecular weight excluding hydrogens is 280 g/mol. The minimum Gasteiger partial charge on any atom is -0.477 e. The average Bonchev–Trinajstić information content (AvgIpc) is 3.22. The summed E-state index contributed by atoms with van der Waals surface area (Å²) >= 11 is 0. The lowest BCUT2D eigenvalue weighted by Gasteiger charge is -2.14. The quantitative estimate of drug-likeness (QED) is 0.521. The van der Waals surface area contributed by atoms with Gasteiger partial charge < -0.3 is 15.7 Å². The van der Waals surface area contributed by atoms with E-state index in [1.165, 1.54) is 6.92 Å². The Hall–Kier alpha value is -2.71. The summed E-state index contributed by atoms with van der Waals surface area (Å²) in [6, 6.07) is 1.49. The van der Waals surface area contributed by atoms with Gasteiger partial charge in [0, 0.05) is 12.1 Å². The maximum Gasteiger partial charge on any atom is 0.354 e. The molecular formula is C12H14N4O5. The molecule has 0 bridgehead atoms. The van der Waals surface area contributed by atoms with E-state index in [9.17, 15) is 19.7 Å². The number of aromatic nitrogens is 1. The van der Waals surface area contributed by atoms with Crippen LogP contribution in [0.1, 0.15) is 30.3 Å². The van der Waals surface area contributed by atoms with Crippen LogP contribution in [-0.2, 0) is 4.79 Å². The second-order valence-electron chi connectivity index (χ2n) is 4.78. The topological polar surface area (TPSA) is 134 Å². The Bertz CT molecular complexity index is 599. The number of pyridine rings is 1. The van der Waals surface area contributed by atoms with E-state index in [0.717, 1.165) is 25.0 Å². The summed E-state index contributed by atoms with van der Waals surface area (Å²) in [6.07, 6.45) is 1.84. The monoisotopic (exact) mass is 294 g/mol. The number of anilines is 1. The summed E-state index contributed by atoms with van der Waals surface area (Å²) < 4.78 is 0. The van der Waals surface area contributed by atoms with Crippen molar-refractivity contribution in [2.75, 3.05) is 5.32 Å². The first-order valence-corrected chi connectivity index (χ1v) is 6.34. The number of carboxylic acids is 1. The van der Waals surface area contributed by atoms with Gasteiger partial charge in [-0.1, -0.05) is 0 Å². The molecule has 1 fully saturated rings. The number of rotatable bonds is 6. The molecule has 0 saturated heterocycles. The molecule has 1 unspecified atom stereocenters. The van der Waals surface area contributed by atoms with Crippen LogP contribution in [0.15, 0.2) is 12.1 Å². The Kier molecular flexibility index (Phi) is 4.01. The smallest absolute Gasteiger partial charge is 0.354 e. The molecule has 1 atom stereocenters. The van der Waals surface area contributed by atoms with Crippen LogP contribution in [0.3, 0.4) is 0 Å². The average molecular weight is 294 g/mol. The normalized spacial score (nSPS) is 15.1. The van der Waals surface area contributed by atoms with Gasteiger partial charge in [0.2, 0.25) is 11.7 Å². The Morgan fingerprint density at radius 2 is 2.14 bits per heavy atom. The minimum atomic E-state index is -1.30. The summed E-state index contributed by atoms with van der Waals surface area (Å²) in [5.74, 6) is -1.85. The summed E-state index contributed by atoms with van der Waals surface area (Å²) in [4.78, 5) is 36.6. The highest BCUT2D eigenvalue weighted by Crippen LogP contribution is 2.23. The number of hydrogen-bond donors (Lipinski definition) is 3. The zero-order valence-electron chi connectivity index (χ0n) is 11.2. The molecule has 9 nitrogen and oxygen atoms in total. The van der Waals surface area contributed by atoms with Crippen LogP contribution in [0.5, 0.6) is 0 Å². The summed E-state index contributed by atoms with van der Waals surface area (Å²) in [5, 5.41) is 25.1. The minimum absolute atomic E-state index is 0.162. The van der Waals surface area contributed by atoms with Gasteiger partial charge in [-0.15, -0.1) is 0 Å². The van der Waals surface area contributed by atoms with Crippen molar-refractivity contribution < 1.29 is 19.6 Å². The van der Waals surface area contributed by atoms with Crippen molar-refractivity contribution in [2.45, 2.75) is 31.8 Å². The van der Waals surface area contributed by atoms with Crippen molar-refractivity contribution >= 4 is 23.4 Å². The molecule has 0 radical (unpaired) electrons. The van der Waals surface area contributed by atoms with Crippen LogP contribution in [0.4, 0.5) is 11.5 Å². The highest BCUT2D eigenvalue weighted by Gasteiger charge is 2.27. The van der Waals surface area contributed by atoms with E-state index in [-0.39, 0.29) is 29.1 Å². The van der Waals surface area contributed by atoms with Gasteiger partial charge in [0.15, 0.2) is 5.69 Å². The molecule has 1 aliphatic rings. The number of carbonyl (C=O) groups excluding carboxylic acids is 1. The van der Waals surface area contributed by atoms with Crippen LogP contribution in [0.25, 0.3) is 0 Å². The zero-order chi connectivity index (χ0) is 15.6. The molecule has 0 aromatic carbocycles. The molecule has 0 aliphatic heterocycles.